The molecule has 0 aromatic heterocycles. The van der Waals surface area contributed by atoms with Gasteiger partial charge in [0.25, 0.3) is 5.91 Å². The monoisotopic (exact) mass is 425 g/mol. The Morgan fingerprint density at radius 2 is 1.73 bits per heavy atom. The third-order valence-corrected chi connectivity index (χ3v) is 4.44. The summed E-state index contributed by atoms with van der Waals surface area (Å²) in [5.74, 6) is -1.94. The Kier molecular flexibility index (Phi) is 7.68. The van der Waals surface area contributed by atoms with E-state index in [0.717, 1.165) is 12.1 Å². The second-order valence-electron chi connectivity index (χ2n) is 6.56. The molecule has 0 fully saturated rings. The molecule has 2 N–H and O–H groups in total. The molecule has 1 amide bonds. The molecule has 2 rings (SSSR count). The number of hydrogen-bond acceptors (Lipinski definition) is 4. The number of carboxylic acids is 1. The highest BCUT2D eigenvalue weighted by molar-refractivity contribution is 5.97. The van der Waals surface area contributed by atoms with Crippen LogP contribution in [0.1, 0.15) is 34.8 Å². The van der Waals surface area contributed by atoms with Gasteiger partial charge < -0.3 is 19.9 Å². The zero-order valence-electron chi connectivity index (χ0n) is 16.5. The van der Waals surface area contributed by atoms with Crippen molar-refractivity contribution < 1.29 is 37.3 Å². The van der Waals surface area contributed by atoms with Crippen LogP contribution in [0.25, 0.3) is 0 Å². The number of rotatable bonds is 9. The molecule has 0 saturated carbocycles. The zero-order valence-corrected chi connectivity index (χ0v) is 16.5. The van der Waals surface area contributed by atoms with Crippen molar-refractivity contribution in [3.05, 3.63) is 59.2 Å². The van der Waals surface area contributed by atoms with Gasteiger partial charge in [-0.1, -0.05) is 25.1 Å². The van der Waals surface area contributed by atoms with Crippen molar-refractivity contribution in [3.8, 4) is 11.5 Å². The Balaban J connectivity index is 2.08. The molecule has 0 saturated heterocycles. The fraction of sp³-hybridized carbons (Fsp3) is 0.333. The van der Waals surface area contributed by atoms with Gasteiger partial charge in [0.2, 0.25) is 0 Å². The summed E-state index contributed by atoms with van der Waals surface area (Å²) >= 11 is 0. The van der Waals surface area contributed by atoms with Crippen molar-refractivity contribution in [1.82, 2.24) is 5.32 Å². The number of hydrogen-bond donors (Lipinski definition) is 2. The number of carbonyl (C=O) groups excluding carboxylic acids is 1. The second-order valence-corrected chi connectivity index (χ2v) is 6.56. The van der Waals surface area contributed by atoms with Crippen LogP contribution in [0.3, 0.4) is 0 Å². The molecular weight excluding hydrogens is 403 g/mol. The first kappa shape index (κ1) is 23.1. The molecular formula is C21H22F3NO5. The number of methoxy groups -OCH3 is 1. The Bertz CT molecular complexity index is 881. The van der Waals surface area contributed by atoms with E-state index in [9.17, 15) is 27.9 Å². The highest BCUT2D eigenvalue weighted by atomic mass is 19.4. The van der Waals surface area contributed by atoms with Crippen molar-refractivity contribution in [2.75, 3.05) is 7.11 Å². The number of benzene rings is 2. The molecule has 0 heterocycles. The van der Waals surface area contributed by atoms with E-state index >= 15 is 0 Å². The normalized spacial score (nSPS) is 12.2. The highest BCUT2D eigenvalue weighted by Crippen LogP contribution is 2.24. The third-order valence-electron chi connectivity index (χ3n) is 4.44. The fourth-order valence-corrected chi connectivity index (χ4v) is 2.84. The molecule has 0 bridgehead atoms. The maximum atomic E-state index is 12.6. The van der Waals surface area contributed by atoms with Crippen LogP contribution in [0.2, 0.25) is 0 Å². The van der Waals surface area contributed by atoms with E-state index in [1.165, 1.54) is 19.2 Å². The minimum atomic E-state index is -4.77. The van der Waals surface area contributed by atoms with Gasteiger partial charge in [0.1, 0.15) is 11.5 Å². The lowest BCUT2D eigenvalue weighted by Gasteiger charge is -2.14. The van der Waals surface area contributed by atoms with Gasteiger partial charge in [-0.2, -0.15) is 0 Å². The quantitative estimate of drug-likeness (QED) is 0.630. The number of amides is 1. The summed E-state index contributed by atoms with van der Waals surface area (Å²) in [5.41, 5.74) is 1.50. The molecule has 162 valence electrons. The Morgan fingerprint density at radius 3 is 2.27 bits per heavy atom. The highest BCUT2D eigenvalue weighted by Gasteiger charge is 2.31. The summed E-state index contributed by atoms with van der Waals surface area (Å²) in [5, 5.41) is 11.9. The van der Waals surface area contributed by atoms with E-state index in [2.05, 4.69) is 10.1 Å². The first-order valence-electron chi connectivity index (χ1n) is 9.15. The molecule has 6 nitrogen and oxygen atoms in total. The lowest BCUT2D eigenvalue weighted by molar-refractivity contribution is -0.274. The molecule has 2 aromatic rings. The van der Waals surface area contributed by atoms with Crippen LogP contribution in [0.5, 0.6) is 11.5 Å². The summed E-state index contributed by atoms with van der Waals surface area (Å²) in [6, 6.07) is 10.0. The largest absolute Gasteiger partial charge is 0.573 e. The van der Waals surface area contributed by atoms with E-state index < -0.39 is 24.2 Å². The lowest BCUT2D eigenvalue weighted by atomic mass is 9.95. The fourth-order valence-electron chi connectivity index (χ4n) is 2.84. The standard InChI is InChI=1S/C21H22F3NO5/c1-3-15(20(27)28)10-14-6-9-18(29-2)17(11-14)19(26)25-12-13-4-7-16(8-5-13)30-21(22,23)24/h4-9,11,15H,3,10,12H2,1-2H3,(H,25,26)(H,27,28). The van der Waals surface area contributed by atoms with Gasteiger partial charge in [-0.05, 0) is 48.2 Å². The van der Waals surface area contributed by atoms with Crippen LogP contribution < -0.4 is 14.8 Å². The molecule has 9 heteroatoms. The second kappa shape index (κ2) is 10.00. The molecule has 0 aliphatic carbocycles. The summed E-state index contributed by atoms with van der Waals surface area (Å²) in [4.78, 5) is 23.9. The number of carbonyl (C=O) groups is 2. The molecule has 2 aromatic carbocycles. The van der Waals surface area contributed by atoms with Crippen molar-refractivity contribution in [2.45, 2.75) is 32.7 Å². The van der Waals surface area contributed by atoms with Crippen molar-refractivity contribution in [3.63, 3.8) is 0 Å². The van der Waals surface area contributed by atoms with Crippen LogP contribution >= 0.6 is 0 Å². The third kappa shape index (κ3) is 6.68. The number of nitrogens with one attached hydrogen (secondary N) is 1. The van der Waals surface area contributed by atoms with Gasteiger partial charge in [0, 0.05) is 6.54 Å². The Hall–Kier alpha value is -3.23. The van der Waals surface area contributed by atoms with Crippen LogP contribution in [0.4, 0.5) is 13.2 Å². The van der Waals surface area contributed by atoms with Gasteiger partial charge in [-0.25, -0.2) is 0 Å². The van der Waals surface area contributed by atoms with Crippen molar-refractivity contribution in [1.29, 1.82) is 0 Å². The summed E-state index contributed by atoms with van der Waals surface area (Å²) in [7, 11) is 1.41. The Morgan fingerprint density at radius 1 is 1.10 bits per heavy atom. The average Bonchev–Trinajstić information content (AvgIpc) is 2.69. The van der Waals surface area contributed by atoms with Gasteiger partial charge in [-0.3, -0.25) is 9.59 Å². The average molecular weight is 425 g/mol. The maximum absolute atomic E-state index is 12.6. The molecule has 1 unspecified atom stereocenters. The van der Waals surface area contributed by atoms with Gasteiger partial charge in [0.05, 0.1) is 18.6 Å². The molecule has 0 aliphatic heterocycles. The molecule has 1 atom stereocenters. The van der Waals surface area contributed by atoms with Crippen molar-refractivity contribution in [2.24, 2.45) is 5.92 Å². The minimum absolute atomic E-state index is 0.0746. The zero-order chi connectivity index (χ0) is 22.3. The topological polar surface area (TPSA) is 84.9 Å². The van der Waals surface area contributed by atoms with E-state index in [0.29, 0.717) is 23.3 Å². The number of aliphatic carboxylic acids is 1. The van der Waals surface area contributed by atoms with Crippen LogP contribution in [0.15, 0.2) is 42.5 Å². The van der Waals surface area contributed by atoms with E-state index in [1.54, 1.807) is 25.1 Å². The summed E-state index contributed by atoms with van der Waals surface area (Å²) < 4.78 is 45.7. The number of halogens is 3. The van der Waals surface area contributed by atoms with Crippen LogP contribution in [0, 0.1) is 5.92 Å². The van der Waals surface area contributed by atoms with Crippen molar-refractivity contribution >= 4 is 11.9 Å². The molecule has 0 spiro atoms. The van der Waals surface area contributed by atoms with E-state index in [-0.39, 0.29) is 24.3 Å². The predicted octanol–water partition coefficient (Wildman–Crippen LogP) is 4.18. The van der Waals surface area contributed by atoms with Crippen LogP contribution in [-0.2, 0) is 17.8 Å². The first-order valence-corrected chi connectivity index (χ1v) is 9.15. The summed E-state index contributed by atoms with van der Waals surface area (Å²) in [6.07, 6.45) is -4.04. The van der Waals surface area contributed by atoms with Crippen LogP contribution in [-0.4, -0.2) is 30.5 Å². The maximum Gasteiger partial charge on any atom is 0.573 e. The predicted molar refractivity (Wildman–Crippen MR) is 102 cm³/mol. The first-order chi connectivity index (χ1) is 14.1. The molecule has 0 radical (unpaired) electrons. The number of carboxylic acid groups (broad SMARTS) is 1. The van der Waals surface area contributed by atoms with Gasteiger partial charge >= 0.3 is 12.3 Å². The smallest absolute Gasteiger partial charge is 0.496 e. The lowest BCUT2D eigenvalue weighted by Crippen LogP contribution is -2.24. The van der Waals surface area contributed by atoms with E-state index in [1.807, 2.05) is 0 Å². The van der Waals surface area contributed by atoms with E-state index in [4.69, 9.17) is 4.74 Å². The molecule has 30 heavy (non-hydrogen) atoms. The summed E-state index contributed by atoms with van der Waals surface area (Å²) in [6.45, 7) is 1.85. The SMILES string of the molecule is CCC(Cc1ccc(OC)c(C(=O)NCc2ccc(OC(F)(F)F)cc2)c1)C(=O)O. The minimum Gasteiger partial charge on any atom is -0.496 e. The number of ether oxygens (including phenoxy) is 2. The number of alkyl halides is 3. The Labute approximate surface area is 171 Å². The van der Waals surface area contributed by atoms with Gasteiger partial charge in [0.15, 0.2) is 0 Å². The molecule has 0 aliphatic rings. The van der Waals surface area contributed by atoms with Gasteiger partial charge in [-0.15, -0.1) is 13.2 Å².